The van der Waals surface area contributed by atoms with Crippen molar-refractivity contribution in [2.24, 2.45) is 5.92 Å². The van der Waals surface area contributed by atoms with Gasteiger partial charge in [-0.05, 0) is 18.1 Å². The van der Waals surface area contributed by atoms with Gasteiger partial charge in [-0.3, -0.25) is 9.59 Å². The summed E-state index contributed by atoms with van der Waals surface area (Å²) in [5, 5.41) is 11.6. The number of hydrogen-bond acceptors (Lipinski definition) is 4. The van der Waals surface area contributed by atoms with Crippen molar-refractivity contribution >= 4 is 16.8 Å². The molecule has 1 aromatic carbocycles. The predicted molar refractivity (Wildman–Crippen MR) is 91.0 cm³/mol. The van der Waals surface area contributed by atoms with Crippen molar-refractivity contribution in [3.8, 4) is 5.69 Å². The fourth-order valence-corrected chi connectivity index (χ4v) is 2.36. The Bertz CT molecular complexity index is 912. The molecule has 0 spiro atoms. The first-order valence-corrected chi connectivity index (χ1v) is 7.82. The monoisotopic (exact) mass is 325 g/mol. The first-order chi connectivity index (χ1) is 11.6. The van der Waals surface area contributed by atoms with E-state index in [9.17, 15) is 9.59 Å². The van der Waals surface area contributed by atoms with Crippen molar-refractivity contribution in [3.63, 3.8) is 0 Å². The lowest BCUT2D eigenvalue weighted by Crippen LogP contribution is -2.35. The summed E-state index contributed by atoms with van der Waals surface area (Å²) in [4.78, 5) is 24.4. The maximum atomic E-state index is 12.5. The van der Waals surface area contributed by atoms with Crippen LogP contribution in [0.25, 0.3) is 16.6 Å². The summed E-state index contributed by atoms with van der Waals surface area (Å²) in [6.07, 6.45) is 3.07. The molecule has 124 valence electrons. The number of hydrogen-bond donors (Lipinski definition) is 1. The van der Waals surface area contributed by atoms with E-state index in [2.05, 4.69) is 15.5 Å². The van der Waals surface area contributed by atoms with E-state index in [0.29, 0.717) is 23.4 Å². The summed E-state index contributed by atoms with van der Waals surface area (Å²) in [6.45, 7) is 4.49. The minimum Gasteiger partial charge on any atom is -0.354 e. The summed E-state index contributed by atoms with van der Waals surface area (Å²) < 4.78 is 2.82. The van der Waals surface area contributed by atoms with Gasteiger partial charge in [0.1, 0.15) is 6.54 Å². The molecular weight excluding hydrogens is 306 g/mol. The lowest BCUT2D eigenvalue weighted by molar-refractivity contribution is -0.122. The van der Waals surface area contributed by atoms with Crippen molar-refractivity contribution in [2.45, 2.75) is 20.4 Å². The van der Waals surface area contributed by atoms with E-state index >= 15 is 0 Å². The van der Waals surface area contributed by atoms with Crippen LogP contribution in [0.15, 0.2) is 47.5 Å². The lowest BCUT2D eigenvalue weighted by Gasteiger charge is -2.08. The molecule has 0 saturated carbocycles. The maximum Gasteiger partial charge on any atom is 0.278 e. The van der Waals surface area contributed by atoms with Crippen LogP contribution in [-0.2, 0) is 11.3 Å². The Morgan fingerprint density at radius 1 is 1.17 bits per heavy atom. The van der Waals surface area contributed by atoms with E-state index in [1.165, 1.54) is 6.20 Å². The minimum absolute atomic E-state index is 0.0992. The highest BCUT2D eigenvalue weighted by molar-refractivity contribution is 5.79. The molecule has 0 saturated heterocycles. The molecular formula is C17H19N5O2. The largest absolute Gasteiger partial charge is 0.354 e. The number of benzene rings is 1. The zero-order valence-electron chi connectivity index (χ0n) is 13.6. The molecule has 2 heterocycles. The molecule has 0 atom stereocenters. The van der Waals surface area contributed by atoms with Gasteiger partial charge >= 0.3 is 0 Å². The van der Waals surface area contributed by atoms with Crippen molar-refractivity contribution in [3.05, 3.63) is 53.1 Å². The van der Waals surface area contributed by atoms with E-state index in [0.717, 1.165) is 10.4 Å². The zero-order valence-corrected chi connectivity index (χ0v) is 13.6. The molecule has 24 heavy (non-hydrogen) atoms. The number of amides is 1. The Hall–Kier alpha value is -2.96. The highest BCUT2D eigenvalue weighted by Gasteiger charge is 2.13. The van der Waals surface area contributed by atoms with Crippen LogP contribution < -0.4 is 10.9 Å². The minimum atomic E-state index is -0.325. The van der Waals surface area contributed by atoms with E-state index in [1.54, 1.807) is 10.9 Å². The number of carbonyl (C=O) groups is 1. The fraction of sp³-hybridized carbons (Fsp3) is 0.294. The predicted octanol–water partition coefficient (Wildman–Crippen LogP) is 1.35. The van der Waals surface area contributed by atoms with E-state index in [1.807, 2.05) is 44.2 Å². The number of para-hydroxylation sites is 1. The smallest absolute Gasteiger partial charge is 0.278 e. The zero-order chi connectivity index (χ0) is 17.1. The molecule has 0 aliphatic heterocycles. The number of rotatable bonds is 5. The van der Waals surface area contributed by atoms with E-state index < -0.39 is 0 Å². The van der Waals surface area contributed by atoms with Crippen LogP contribution in [0.4, 0.5) is 0 Å². The fourth-order valence-electron chi connectivity index (χ4n) is 2.36. The Morgan fingerprint density at radius 3 is 2.62 bits per heavy atom. The van der Waals surface area contributed by atoms with Gasteiger partial charge in [-0.1, -0.05) is 32.0 Å². The van der Waals surface area contributed by atoms with Gasteiger partial charge in [0.2, 0.25) is 5.91 Å². The summed E-state index contributed by atoms with van der Waals surface area (Å²) in [7, 11) is 0. The molecule has 1 N–H and O–H groups in total. The Morgan fingerprint density at radius 2 is 1.92 bits per heavy atom. The number of aromatic nitrogens is 4. The topological polar surface area (TPSA) is 81.8 Å². The highest BCUT2D eigenvalue weighted by Crippen LogP contribution is 2.14. The highest BCUT2D eigenvalue weighted by atomic mass is 16.2. The normalized spacial score (nSPS) is 11.1. The first kappa shape index (κ1) is 15.9. The molecule has 2 aromatic heterocycles. The third-order valence-electron chi connectivity index (χ3n) is 3.59. The van der Waals surface area contributed by atoms with E-state index in [-0.39, 0.29) is 18.0 Å². The van der Waals surface area contributed by atoms with Crippen LogP contribution in [0.5, 0.6) is 0 Å². The first-order valence-electron chi connectivity index (χ1n) is 7.82. The van der Waals surface area contributed by atoms with Crippen molar-refractivity contribution in [1.29, 1.82) is 0 Å². The van der Waals surface area contributed by atoms with Gasteiger partial charge in [0, 0.05) is 6.54 Å². The lowest BCUT2D eigenvalue weighted by atomic mass is 10.2. The SMILES string of the molecule is CC(C)CNC(=O)Cn1ncc2c(cnn2-c2ccccc2)c1=O. The second-order valence-corrected chi connectivity index (χ2v) is 6.00. The van der Waals surface area contributed by atoms with Crippen LogP contribution in [0.1, 0.15) is 13.8 Å². The van der Waals surface area contributed by atoms with Crippen LogP contribution in [0.3, 0.4) is 0 Å². The quantitative estimate of drug-likeness (QED) is 0.768. The molecule has 0 fully saturated rings. The average Bonchev–Trinajstić information content (AvgIpc) is 3.01. The van der Waals surface area contributed by atoms with Crippen molar-refractivity contribution in [2.75, 3.05) is 6.54 Å². The molecule has 0 aliphatic rings. The standard InChI is InChI=1S/C17H19N5O2/c1-12(2)8-18-16(23)11-21-17(24)14-9-20-22(15(14)10-19-21)13-6-4-3-5-7-13/h3-7,9-10,12H,8,11H2,1-2H3,(H,18,23). The summed E-state index contributed by atoms with van der Waals surface area (Å²) in [5.74, 6) is 0.123. The third-order valence-corrected chi connectivity index (χ3v) is 3.59. The molecule has 0 unspecified atom stereocenters. The van der Waals surface area contributed by atoms with Gasteiger partial charge in [0.05, 0.1) is 29.0 Å². The molecule has 0 aliphatic carbocycles. The second kappa shape index (κ2) is 6.66. The maximum absolute atomic E-state index is 12.5. The second-order valence-electron chi connectivity index (χ2n) is 6.00. The molecule has 0 radical (unpaired) electrons. The van der Waals surface area contributed by atoms with Crippen LogP contribution >= 0.6 is 0 Å². The summed E-state index contributed by atoms with van der Waals surface area (Å²) in [5.41, 5.74) is 1.14. The van der Waals surface area contributed by atoms with Crippen LogP contribution in [0, 0.1) is 5.92 Å². The molecule has 7 heteroatoms. The summed E-state index contributed by atoms with van der Waals surface area (Å²) in [6, 6.07) is 9.51. The molecule has 3 aromatic rings. The summed E-state index contributed by atoms with van der Waals surface area (Å²) >= 11 is 0. The van der Waals surface area contributed by atoms with Crippen LogP contribution in [0.2, 0.25) is 0 Å². The molecule has 7 nitrogen and oxygen atoms in total. The van der Waals surface area contributed by atoms with Gasteiger partial charge in [0.15, 0.2) is 0 Å². The van der Waals surface area contributed by atoms with E-state index in [4.69, 9.17) is 0 Å². The number of carbonyl (C=O) groups excluding carboxylic acids is 1. The van der Waals surface area contributed by atoms with Crippen molar-refractivity contribution < 1.29 is 4.79 Å². The third kappa shape index (κ3) is 3.19. The van der Waals surface area contributed by atoms with Gasteiger partial charge in [-0.15, -0.1) is 0 Å². The number of nitrogens with one attached hydrogen (secondary N) is 1. The Balaban J connectivity index is 1.90. The molecule has 3 rings (SSSR count). The van der Waals surface area contributed by atoms with Gasteiger partial charge in [0.25, 0.3) is 5.56 Å². The van der Waals surface area contributed by atoms with Crippen LogP contribution in [-0.4, -0.2) is 32.0 Å². The van der Waals surface area contributed by atoms with Crippen molar-refractivity contribution in [1.82, 2.24) is 24.9 Å². The van der Waals surface area contributed by atoms with Gasteiger partial charge in [-0.25, -0.2) is 9.36 Å². The van der Waals surface area contributed by atoms with Gasteiger partial charge < -0.3 is 5.32 Å². The average molecular weight is 325 g/mol. The van der Waals surface area contributed by atoms with Gasteiger partial charge in [-0.2, -0.15) is 10.2 Å². The molecule has 0 bridgehead atoms. The number of nitrogens with zero attached hydrogens (tertiary/aromatic N) is 4. The molecule has 1 amide bonds. The Labute approximate surface area is 138 Å². The number of fused-ring (bicyclic) bond motifs is 1. The Kier molecular flexibility index (Phi) is 4.41.